The van der Waals surface area contributed by atoms with Crippen molar-refractivity contribution in [3.63, 3.8) is 0 Å². The van der Waals surface area contributed by atoms with E-state index < -0.39 is 5.97 Å². The summed E-state index contributed by atoms with van der Waals surface area (Å²) in [6, 6.07) is 8.91. The Morgan fingerprint density at radius 3 is 2.52 bits per heavy atom. The Morgan fingerprint density at radius 2 is 1.86 bits per heavy atom. The molecule has 2 N–H and O–H groups in total. The van der Waals surface area contributed by atoms with Gasteiger partial charge in [-0.15, -0.1) is 0 Å². The molecule has 2 heterocycles. The molecule has 1 saturated heterocycles. The smallest absolute Gasteiger partial charge is 0.356 e. The van der Waals surface area contributed by atoms with E-state index >= 15 is 0 Å². The van der Waals surface area contributed by atoms with Crippen molar-refractivity contribution in [2.24, 2.45) is 0 Å². The molecule has 1 saturated carbocycles. The normalized spacial score (nSPS) is 16.2. The number of urea groups is 1. The fraction of sp³-hybridized carbons (Fsp3) is 0.400. The Bertz CT molecular complexity index is 892. The van der Waals surface area contributed by atoms with Crippen molar-refractivity contribution in [3.8, 4) is 11.4 Å². The van der Waals surface area contributed by atoms with Crippen molar-refractivity contribution in [1.82, 2.24) is 15.3 Å². The molecule has 0 bridgehead atoms. The summed E-state index contributed by atoms with van der Waals surface area (Å²) in [5.41, 5.74) is 1.60. The Morgan fingerprint density at radius 1 is 1.14 bits per heavy atom. The topological polar surface area (TPSA) is 106 Å². The minimum atomic E-state index is -0.516. The predicted molar refractivity (Wildman–Crippen MR) is 107 cm³/mol. The average Bonchev–Trinajstić information content (AvgIpc) is 3.57. The number of amides is 2. The summed E-state index contributed by atoms with van der Waals surface area (Å²) >= 11 is 0. The third-order valence-electron chi connectivity index (χ3n) is 4.76. The molecule has 2 aromatic rings. The van der Waals surface area contributed by atoms with E-state index in [9.17, 15) is 9.59 Å². The van der Waals surface area contributed by atoms with Gasteiger partial charge in [0.25, 0.3) is 0 Å². The van der Waals surface area contributed by atoms with Gasteiger partial charge in [0.05, 0.1) is 20.3 Å². The number of ether oxygens (including phenoxy) is 2. The third-order valence-corrected chi connectivity index (χ3v) is 4.76. The second kappa shape index (κ2) is 8.44. The standard InChI is InChI=1S/C20H23N5O4/c1-28-19(26)16-12-17(25-8-10-29-11-9-25)24-18(23-16)13-2-4-14(5-3-13)21-20(27)22-15-6-7-15/h2-5,12,15H,6-11H2,1H3,(H2,21,22,27). The van der Waals surface area contributed by atoms with Crippen LogP contribution in [0.1, 0.15) is 23.3 Å². The fourth-order valence-corrected chi connectivity index (χ4v) is 3.01. The summed E-state index contributed by atoms with van der Waals surface area (Å²) in [5.74, 6) is 0.561. The molecule has 0 spiro atoms. The SMILES string of the molecule is COC(=O)c1cc(N2CCOCC2)nc(-c2ccc(NC(=O)NC3CC3)cc2)n1. The number of morpholine rings is 1. The average molecular weight is 397 g/mol. The van der Waals surface area contributed by atoms with E-state index in [1.165, 1.54) is 7.11 Å². The number of anilines is 2. The molecular weight excluding hydrogens is 374 g/mol. The summed E-state index contributed by atoms with van der Waals surface area (Å²) in [7, 11) is 1.33. The number of benzene rings is 1. The molecule has 152 valence electrons. The highest BCUT2D eigenvalue weighted by atomic mass is 16.5. The minimum Gasteiger partial charge on any atom is -0.464 e. The van der Waals surface area contributed by atoms with Gasteiger partial charge in [-0.25, -0.2) is 19.6 Å². The zero-order valence-corrected chi connectivity index (χ0v) is 16.2. The van der Waals surface area contributed by atoms with Crippen LogP contribution in [0.3, 0.4) is 0 Å². The molecule has 0 atom stereocenters. The molecule has 2 amide bonds. The summed E-state index contributed by atoms with van der Waals surface area (Å²) in [6.45, 7) is 2.60. The van der Waals surface area contributed by atoms with Crippen molar-refractivity contribution in [3.05, 3.63) is 36.0 Å². The number of carbonyl (C=O) groups excluding carboxylic acids is 2. The van der Waals surface area contributed by atoms with E-state index in [1.807, 2.05) is 12.1 Å². The third kappa shape index (κ3) is 4.80. The van der Waals surface area contributed by atoms with Crippen LogP contribution in [0.2, 0.25) is 0 Å². The maximum absolute atomic E-state index is 12.1. The van der Waals surface area contributed by atoms with Crippen molar-refractivity contribution in [1.29, 1.82) is 0 Å². The molecule has 1 aromatic heterocycles. The zero-order chi connectivity index (χ0) is 20.2. The molecule has 2 fully saturated rings. The van der Waals surface area contributed by atoms with Crippen LogP contribution in [-0.2, 0) is 9.47 Å². The van der Waals surface area contributed by atoms with Crippen LogP contribution in [0.4, 0.5) is 16.3 Å². The van der Waals surface area contributed by atoms with Gasteiger partial charge in [0.2, 0.25) is 0 Å². The first-order valence-corrected chi connectivity index (χ1v) is 9.60. The lowest BCUT2D eigenvalue weighted by molar-refractivity contribution is 0.0594. The lowest BCUT2D eigenvalue weighted by Crippen LogP contribution is -2.37. The Kier molecular flexibility index (Phi) is 5.57. The number of hydrogen-bond donors (Lipinski definition) is 2. The van der Waals surface area contributed by atoms with E-state index in [4.69, 9.17) is 9.47 Å². The van der Waals surface area contributed by atoms with Gasteiger partial charge in [-0.3, -0.25) is 0 Å². The van der Waals surface area contributed by atoms with Gasteiger partial charge in [0.15, 0.2) is 11.5 Å². The molecule has 0 unspecified atom stereocenters. The maximum atomic E-state index is 12.1. The Labute approximate surface area is 168 Å². The largest absolute Gasteiger partial charge is 0.464 e. The van der Waals surface area contributed by atoms with Gasteiger partial charge in [-0.2, -0.15) is 0 Å². The minimum absolute atomic E-state index is 0.199. The van der Waals surface area contributed by atoms with Crippen molar-refractivity contribution in [2.75, 3.05) is 43.6 Å². The van der Waals surface area contributed by atoms with Crippen LogP contribution in [-0.4, -0.2) is 61.4 Å². The number of rotatable bonds is 5. The molecule has 1 aliphatic heterocycles. The predicted octanol–water partition coefficient (Wildman–Crippen LogP) is 2.05. The number of aromatic nitrogens is 2. The molecular formula is C20H23N5O4. The highest BCUT2D eigenvalue weighted by Gasteiger charge is 2.23. The molecule has 29 heavy (non-hydrogen) atoms. The number of carbonyl (C=O) groups is 2. The highest BCUT2D eigenvalue weighted by molar-refractivity contribution is 5.90. The van der Waals surface area contributed by atoms with E-state index in [2.05, 4.69) is 25.5 Å². The summed E-state index contributed by atoms with van der Waals surface area (Å²) < 4.78 is 10.2. The van der Waals surface area contributed by atoms with Gasteiger partial charge in [-0.05, 0) is 37.1 Å². The highest BCUT2D eigenvalue weighted by Crippen LogP contribution is 2.23. The van der Waals surface area contributed by atoms with Crippen LogP contribution >= 0.6 is 0 Å². The lowest BCUT2D eigenvalue weighted by atomic mass is 10.2. The molecule has 0 radical (unpaired) electrons. The van der Waals surface area contributed by atoms with Gasteiger partial charge in [0.1, 0.15) is 5.82 Å². The maximum Gasteiger partial charge on any atom is 0.356 e. The first-order valence-electron chi connectivity index (χ1n) is 9.60. The number of nitrogens with one attached hydrogen (secondary N) is 2. The summed E-state index contributed by atoms with van der Waals surface area (Å²) in [6.07, 6.45) is 2.07. The monoisotopic (exact) mass is 397 g/mol. The van der Waals surface area contributed by atoms with Gasteiger partial charge in [-0.1, -0.05) is 0 Å². The van der Waals surface area contributed by atoms with Crippen molar-refractivity contribution < 1.29 is 19.1 Å². The number of hydrogen-bond acceptors (Lipinski definition) is 7. The molecule has 9 heteroatoms. The number of methoxy groups -OCH3 is 1. The Balaban J connectivity index is 1.57. The quantitative estimate of drug-likeness (QED) is 0.744. The van der Waals surface area contributed by atoms with Crippen LogP contribution in [0, 0.1) is 0 Å². The van der Waals surface area contributed by atoms with E-state index in [0.29, 0.717) is 49.7 Å². The van der Waals surface area contributed by atoms with Crippen molar-refractivity contribution in [2.45, 2.75) is 18.9 Å². The first-order chi connectivity index (χ1) is 14.1. The number of nitrogens with zero attached hydrogens (tertiary/aromatic N) is 3. The van der Waals surface area contributed by atoms with Gasteiger partial charge in [0, 0.05) is 36.4 Å². The van der Waals surface area contributed by atoms with Crippen LogP contribution in [0.15, 0.2) is 30.3 Å². The molecule has 2 aliphatic rings. The van der Waals surface area contributed by atoms with Crippen LogP contribution < -0.4 is 15.5 Å². The zero-order valence-electron chi connectivity index (χ0n) is 16.2. The van der Waals surface area contributed by atoms with E-state index in [-0.39, 0.29) is 11.7 Å². The van der Waals surface area contributed by atoms with E-state index in [1.54, 1.807) is 18.2 Å². The van der Waals surface area contributed by atoms with E-state index in [0.717, 1.165) is 18.4 Å². The van der Waals surface area contributed by atoms with Gasteiger partial charge < -0.3 is 25.0 Å². The first kappa shape index (κ1) is 19.1. The second-order valence-electron chi connectivity index (χ2n) is 6.98. The fourth-order valence-electron chi connectivity index (χ4n) is 3.01. The number of esters is 1. The molecule has 9 nitrogen and oxygen atoms in total. The second-order valence-corrected chi connectivity index (χ2v) is 6.98. The van der Waals surface area contributed by atoms with Crippen LogP contribution in [0.25, 0.3) is 11.4 Å². The molecule has 1 aromatic carbocycles. The molecule has 1 aliphatic carbocycles. The van der Waals surface area contributed by atoms with Gasteiger partial charge >= 0.3 is 12.0 Å². The molecule has 4 rings (SSSR count). The summed E-state index contributed by atoms with van der Waals surface area (Å²) in [5, 5.41) is 5.68. The van der Waals surface area contributed by atoms with Crippen LogP contribution in [0.5, 0.6) is 0 Å². The lowest BCUT2D eigenvalue weighted by Gasteiger charge is -2.28. The van der Waals surface area contributed by atoms with Crippen molar-refractivity contribution >= 4 is 23.5 Å². The summed E-state index contributed by atoms with van der Waals surface area (Å²) in [4.78, 5) is 35.0. The Hall–Kier alpha value is -3.20.